The minimum absolute atomic E-state index is 0.0179. The molecule has 1 aliphatic rings. The van der Waals surface area contributed by atoms with Gasteiger partial charge in [0.15, 0.2) is 0 Å². The summed E-state index contributed by atoms with van der Waals surface area (Å²) in [5.41, 5.74) is 3.71. The van der Waals surface area contributed by atoms with Crippen LogP contribution in [0.4, 0.5) is 5.69 Å². The molecule has 0 aliphatic carbocycles. The Balaban J connectivity index is 1.98. The van der Waals surface area contributed by atoms with Crippen LogP contribution in [0.25, 0.3) is 0 Å². The topological polar surface area (TPSA) is 12.2 Å². The summed E-state index contributed by atoms with van der Waals surface area (Å²) in [6, 6.07) is 19.2. The Kier molecular flexibility index (Phi) is 3.25. The Hall–Kier alpha value is -2.22. The summed E-state index contributed by atoms with van der Waals surface area (Å²) in [6.07, 6.45) is 0. The Morgan fingerprint density at radius 2 is 1.71 bits per heavy atom. The van der Waals surface area contributed by atoms with Crippen molar-refractivity contribution in [3.05, 3.63) is 72.3 Å². The molecular weight excluding hydrogens is 258 g/mol. The molecule has 0 bridgehead atoms. The molecule has 0 unspecified atom stereocenters. The van der Waals surface area contributed by atoms with Gasteiger partial charge in [0.05, 0.1) is 18.7 Å². The van der Waals surface area contributed by atoms with Gasteiger partial charge in [-0.25, -0.2) is 0 Å². The zero-order valence-corrected chi connectivity index (χ0v) is 12.8. The minimum atomic E-state index is -0.0179. The fourth-order valence-corrected chi connectivity index (χ4v) is 3.10. The van der Waals surface area contributed by atoms with E-state index < -0.39 is 0 Å². The first kappa shape index (κ1) is 13.7. The number of benzene rings is 2. The van der Waals surface area contributed by atoms with Crippen molar-refractivity contribution in [2.45, 2.75) is 25.4 Å². The second kappa shape index (κ2) is 4.96. The predicted molar refractivity (Wildman–Crippen MR) is 87.9 cm³/mol. The zero-order valence-electron chi connectivity index (χ0n) is 12.8. The van der Waals surface area contributed by atoms with Crippen molar-refractivity contribution in [2.75, 3.05) is 12.0 Å². The molecule has 108 valence electrons. The van der Waals surface area contributed by atoms with E-state index in [4.69, 9.17) is 4.74 Å². The molecule has 0 saturated carbocycles. The largest absolute Gasteiger partial charge is 0.497 e. The van der Waals surface area contributed by atoms with Gasteiger partial charge in [-0.3, -0.25) is 0 Å². The average Bonchev–Trinajstić information content (AvgIpc) is 3.16. The molecule has 0 N–H and O–H groups in total. The first-order valence-corrected chi connectivity index (χ1v) is 7.23. The maximum Gasteiger partial charge on any atom is 0.119 e. The molecule has 2 heteroatoms. The molecule has 2 aromatic carbocycles. The number of ether oxygens (including phenoxy) is 1. The van der Waals surface area contributed by atoms with E-state index in [1.165, 1.54) is 16.8 Å². The SMILES string of the molecule is C=C(C)[C@]1(C)[C@@H](c2ccccc2)N1c1ccc(OC)cc1. The normalized spacial score (nSPS) is 23.8. The van der Waals surface area contributed by atoms with E-state index in [1.807, 2.05) is 12.1 Å². The van der Waals surface area contributed by atoms with Gasteiger partial charge >= 0.3 is 0 Å². The lowest BCUT2D eigenvalue weighted by Gasteiger charge is -2.13. The minimum Gasteiger partial charge on any atom is -0.497 e. The second-order valence-corrected chi connectivity index (χ2v) is 5.81. The summed E-state index contributed by atoms with van der Waals surface area (Å²) in [6.45, 7) is 8.58. The maximum atomic E-state index is 5.24. The first-order chi connectivity index (χ1) is 10.1. The number of rotatable bonds is 4. The number of anilines is 1. The Morgan fingerprint density at radius 1 is 1.10 bits per heavy atom. The second-order valence-electron chi connectivity index (χ2n) is 5.81. The highest BCUT2D eigenvalue weighted by molar-refractivity contribution is 5.67. The molecule has 0 radical (unpaired) electrons. The summed E-state index contributed by atoms with van der Waals surface area (Å²) in [4.78, 5) is 2.42. The smallest absolute Gasteiger partial charge is 0.119 e. The van der Waals surface area contributed by atoms with Gasteiger partial charge in [0.2, 0.25) is 0 Å². The van der Waals surface area contributed by atoms with Crippen LogP contribution in [0.5, 0.6) is 5.75 Å². The summed E-state index contributed by atoms with van der Waals surface area (Å²) in [5, 5.41) is 0. The van der Waals surface area contributed by atoms with Crippen LogP contribution in [-0.4, -0.2) is 12.6 Å². The molecule has 1 heterocycles. The zero-order chi connectivity index (χ0) is 15.0. The van der Waals surface area contributed by atoms with Crippen LogP contribution in [0, 0.1) is 0 Å². The van der Waals surface area contributed by atoms with Crippen molar-refractivity contribution in [1.82, 2.24) is 0 Å². The number of nitrogens with zero attached hydrogens (tertiary/aromatic N) is 1. The lowest BCUT2D eigenvalue weighted by molar-refractivity contribution is 0.415. The predicted octanol–water partition coefficient (Wildman–Crippen LogP) is 4.59. The lowest BCUT2D eigenvalue weighted by atomic mass is 9.95. The highest BCUT2D eigenvalue weighted by atomic mass is 16.5. The van der Waals surface area contributed by atoms with Crippen molar-refractivity contribution in [1.29, 1.82) is 0 Å². The van der Waals surface area contributed by atoms with E-state index in [-0.39, 0.29) is 5.54 Å². The maximum absolute atomic E-state index is 5.24. The number of hydrogen-bond donors (Lipinski definition) is 0. The molecule has 2 atom stereocenters. The van der Waals surface area contributed by atoms with Gasteiger partial charge in [-0.1, -0.05) is 42.5 Å². The highest BCUT2D eigenvalue weighted by Gasteiger charge is 2.60. The van der Waals surface area contributed by atoms with Gasteiger partial charge in [-0.2, -0.15) is 0 Å². The number of hydrogen-bond acceptors (Lipinski definition) is 2. The molecule has 0 aromatic heterocycles. The van der Waals surface area contributed by atoms with E-state index >= 15 is 0 Å². The Morgan fingerprint density at radius 3 is 2.24 bits per heavy atom. The van der Waals surface area contributed by atoms with Crippen LogP contribution in [0.15, 0.2) is 66.7 Å². The van der Waals surface area contributed by atoms with Gasteiger partial charge in [0.1, 0.15) is 5.75 Å². The standard InChI is InChI=1S/C19H21NO/c1-14(2)19(3)18(15-8-6-5-7-9-15)20(19)16-10-12-17(21-4)13-11-16/h5-13,18H,1H2,2-4H3/t18-,19-,20?/m1/s1. The molecule has 2 aromatic rings. The summed E-state index contributed by atoms with van der Waals surface area (Å²) >= 11 is 0. The fourth-order valence-electron chi connectivity index (χ4n) is 3.10. The van der Waals surface area contributed by atoms with Crippen LogP contribution >= 0.6 is 0 Å². The third kappa shape index (κ3) is 2.11. The van der Waals surface area contributed by atoms with Crippen LogP contribution in [-0.2, 0) is 0 Å². The molecule has 21 heavy (non-hydrogen) atoms. The fraction of sp³-hybridized carbons (Fsp3) is 0.263. The Labute approximate surface area is 126 Å². The van der Waals surface area contributed by atoms with Gasteiger partial charge in [-0.05, 0) is 43.7 Å². The number of methoxy groups -OCH3 is 1. The third-order valence-electron chi connectivity index (χ3n) is 4.55. The first-order valence-electron chi connectivity index (χ1n) is 7.23. The van der Waals surface area contributed by atoms with Crippen LogP contribution in [0.2, 0.25) is 0 Å². The molecule has 0 amide bonds. The van der Waals surface area contributed by atoms with E-state index in [0.29, 0.717) is 6.04 Å². The summed E-state index contributed by atoms with van der Waals surface area (Å²) in [7, 11) is 1.69. The lowest BCUT2D eigenvalue weighted by Crippen LogP contribution is -2.14. The van der Waals surface area contributed by atoms with Crippen molar-refractivity contribution in [3.8, 4) is 5.75 Å². The van der Waals surface area contributed by atoms with Crippen molar-refractivity contribution < 1.29 is 4.74 Å². The molecule has 1 aliphatic heterocycles. The quantitative estimate of drug-likeness (QED) is 0.599. The molecule has 0 spiro atoms. The third-order valence-corrected chi connectivity index (χ3v) is 4.55. The van der Waals surface area contributed by atoms with Crippen molar-refractivity contribution in [2.24, 2.45) is 0 Å². The van der Waals surface area contributed by atoms with Gasteiger partial charge in [-0.15, -0.1) is 0 Å². The summed E-state index contributed by atoms with van der Waals surface area (Å²) in [5.74, 6) is 0.883. The van der Waals surface area contributed by atoms with Crippen LogP contribution < -0.4 is 9.64 Å². The molecule has 2 nitrogen and oxygen atoms in total. The molecule has 1 saturated heterocycles. The van der Waals surface area contributed by atoms with E-state index in [1.54, 1.807) is 7.11 Å². The molecule has 1 fully saturated rings. The van der Waals surface area contributed by atoms with Gasteiger partial charge < -0.3 is 9.64 Å². The highest BCUT2D eigenvalue weighted by Crippen LogP contribution is 2.58. The van der Waals surface area contributed by atoms with Gasteiger partial charge in [0.25, 0.3) is 0 Å². The van der Waals surface area contributed by atoms with E-state index in [9.17, 15) is 0 Å². The molecule has 3 rings (SSSR count). The Bertz CT molecular complexity index is 647. The van der Waals surface area contributed by atoms with Gasteiger partial charge in [0, 0.05) is 5.69 Å². The monoisotopic (exact) mass is 279 g/mol. The summed E-state index contributed by atoms with van der Waals surface area (Å²) < 4.78 is 5.24. The molecular formula is C19H21NO. The average molecular weight is 279 g/mol. The van der Waals surface area contributed by atoms with Crippen molar-refractivity contribution in [3.63, 3.8) is 0 Å². The van der Waals surface area contributed by atoms with Crippen molar-refractivity contribution >= 4 is 5.69 Å². The van der Waals surface area contributed by atoms with Crippen LogP contribution in [0.1, 0.15) is 25.5 Å². The van der Waals surface area contributed by atoms with E-state index in [2.05, 4.69) is 67.8 Å². The van der Waals surface area contributed by atoms with E-state index in [0.717, 1.165) is 5.75 Å². The van der Waals surface area contributed by atoms with Crippen LogP contribution in [0.3, 0.4) is 0 Å².